The van der Waals surface area contributed by atoms with Crippen LogP contribution >= 0.6 is 12.2 Å². The van der Waals surface area contributed by atoms with Gasteiger partial charge in [-0.15, -0.1) is 0 Å². The van der Waals surface area contributed by atoms with Crippen LogP contribution in [0.25, 0.3) is 0 Å². The maximum absolute atomic E-state index is 14.2. The van der Waals surface area contributed by atoms with Crippen LogP contribution < -0.4 is 10.6 Å². The van der Waals surface area contributed by atoms with Gasteiger partial charge in [0.1, 0.15) is 5.82 Å². The molecule has 0 aromatic heterocycles. The minimum absolute atomic E-state index is 0.0431. The van der Waals surface area contributed by atoms with E-state index in [1.165, 1.54) is 38.2 Å². The van der Waals surface area contributed by atoms with E-state index in [1.807, 2.05) is 41.3 Å². The van der Waals surface area contributed by atoms with Crippen LogP contribution in [-0.4, -0.2) is 28.5 Å². The fraction of sp³-hybridized carbons (Fsp3) is 0.440. The van der Waals surface area contributed by atoms with E-state index in [0.29, 0.717) is 23.8 Å². The summed E-state index contributed by atoms with van der Waals surface area (Å²) >= 11 is 5.59. The number of rotatable bonds is 7. The average Bonchev–Trinajstić information content (AvgIpc) is 2.75. The first-order valence-corrected chi connectivity index (χ1v) is 11.6. The zero-order valence-corrected chi connectivity index (χ0v) is 18.8. The van der Waals surface area contributed by atoms with E-state index < -0.39 is 0 Å². The molecule has 0 bridgehead atoms. The molecule has 1 aliphatic carbocycles. The standard InChI is InChI=1S/C25H32FN3OS/c26-23-16-10-9-13-21(23)19-29(18-20-11-5-4-6-12-20)25(31)27-17-24(30)28-22-14-7-2-1-3-8-15-22/h4-6,9-13,16,22H,1-3,7-8,14-15,17-19H2,(H,27,31)(H,28,30). The number of carbonyl (C=O) groups is 1. The lowest BCUT2D eigenvalue weighted by molar-refractivity contribution is -0.120. The topological polar surface area (TPSA) is 44.4 Å². The van der Waals surface area contributed by atoms with Gasteiger partial charge in [-0.1, -0.05) is 80.6 Å². The zero-order valence-electron chi connectivity index (χ0n) is 18.0. The third-order valence-electron chi connectivity index (χ3n) is 5.69. The van der Waals surface area contributed by atoms with Crippen LogP contribution in [0.4, 0.5) is 4.39 Å². The van der Waals surface area contributed by atoms with Crippen LogP contribution in [-0.2, 0) is 17.9 Å². The Balaban J connectivity index is 1.58. The van der Waals surface area contributed by atoms with Gasteiger partial charge in [0, 0.05) is 24.7 Å². The monoisotopic (exact) mass is 441 g/mol. The normalized spacial score (nSPS) is 14.9. The maximum Gasteiger partial charge on any atom is 0.239 e. The molecule has 0 unspecified atom stereocenters. The SMILES string of the molecule is O=C(CNC(=S)N(Cc1ccccc1)Cc1ccccc1F)NC1CCCCCCC1. The summed E-state index contributed by atoms with van der Waals surface area (Å²) in [7, 11) is 0. The van der Waals surface area contributed by atoms with E-state index in [0.717, 1.165) is 18.4 Å². The highest BCUT2D eigenvalue weighted by atomic mass is 32.1. The molecule has 0 atom stereocenters. The molecule has 1 amide bonds. The summed E-state index contributed by atoms with van der Waals surface area (Å²) in [5, 5.41) is 6.68. The van der Waals surface area contributed by atoms with Crippen molar-refractivity contribution in [2.75, 3.05) is 6.54 Å². The second-order valence-corrected chi connectivity index (χ2v) is 8.59. The number of nitrogens with one attached hydrogen (secondary N) is 2. The molecular weight excluding hydrogens is 409 g/mol. The van der Waals surface area contributed by atoms with Gasteiger partial charge in [0.15, 0.2) is 5.11 Å². The van der Waals surface area contributed by atoms with E-state index in [9.17, 15) is 9.18 Å². The molecular formula is C25H32FN3OS. The maximum atomic E-state index is 14.2. The van der Waals surface area contributed by atoms with Crippen molar-refractivity contribution in [1.29, 1.82) is 0 Å². The van der Waals surface area contributed by atoms with Crippen molar-refractivity contribution in [3.63, 3.8) is 0 Å². The van der Waals surface area contributed by atoms with Crippen molar-refractivity contribution < 1.29 is 9.18 Å². The van der Waals surface area contributed by atoms with Crippen molar-refractivity contribution in [3.8, 4) is 0 Å². The molecule has 2 aromatic rings. The largest absolute Gasteiger partial charge is 0.353 e. The molecule has 2 aromatic carbocycles. The molecule has 31 heavy (non-hydrogen) atoms. The Hall–Kier alpha value is -2.47. The van der Waals surface area contributed by atoms with E-state index >= 15 is 0 Å². The van der Waals surface area contributed by atoms with E-state index in [4.69, 9.17) is 12.2 Å². The molecule has 0 saturated heterocycles. The Morgan fingerprint density at radius 3 is 2.29 bits per heavy atom. The minimum Gasteiger partial charge on any atom is -0.353 e. The van der Waals surface area contributed by atoms with Gasteiger partial charge in [0.25, 0.3) is 0 Å². The highest BCUT2D eigenvalue weighted by Crippen LogP contribution is 2.17. The van der Waals surface area contributed by atoms with Crippen molar-refractivity contribution in [3.05, 3.63) is 71.5 Å². The van der Waals surface area contributed by atoms with Gasteiger partial charge in [-0.3, -0.25) is 4.79 Å². The highest BCUT2D eigenvalue weighted by Gasteiger charge is 2.17. The van der Waals surface area contributed by atoms with Gasteiger partial charge >= 0.3 is 0 Å². The van der Waals surface area contributed by atoms with Crippen LogP contribution in [0.3, 0.4) is 0 Å². The lowest BCUT2D eigenvalue weighted by Gasteiger charge is -2.27. The van der Waals surface area contributed by atoms with Crippen LogP contribution in [0.5, 0.6) is 0 Å². The van der Waals surface area contributed by atoms with Crippen LogP contribution in [0.1, 0.15) is 56.1 Å². The van der Waals surface area contributed by atoms with Crippen LogP contribution in [0, 0.1) is 5.82 Å². The lowest BCUT2D eigenvalue weighted by Crippen LogP contribution is -2.46. The Bertz CT molecular complexity index is 838. The Kier molecular flexibility index (Phi) is 9.28. The van der Waals surface area contributed by atoms with Gasteiger partial charge < -0.3 is 15.5 Å². The molecule has 166 valence electrons. The summed E-state index contributed by atoms with van der Waals surface area (Å²) in [6, 6.07) is 16.9. The van der Waals surface area contributed by atoms with Crippen molar-refractivity contribution in [2.24, 2.45) is 0 Å². The number of amides is 1. The summed E-state index contributed by atoms with van der Waals surface area (Å²) in [5.74, 6) is -0.302. The van der Waals surface area contributed by atoms with E-state index in [-0.39, 0.29) is 24.3 Å². The molecule has 1 fully saturated rings. The number of benzene rings is 2. The second kappa shape index (κ2) is 12.4. The van der Waals surface area contributed by atoms with Gasteiger partial charge in [-0.05, 0) is 36.7 Å². The minimum atomic E-state index is -0.259. The van der Waals surface area contributed by atoms with Crippen molar-refractivity contribution >= 4 is 23.2 Å². The van der Waals surface area contributed by atoms with Gasteiger partial charge in [-0.2, -0.15) is 0 Å². The van der Waals surface area contributed by atoms with Crippen molar-refractivity contribution in [1.82, 2.24) is 15.5 Å². The summed E-state index contributed by atoms with van der Waals surface area (Å²) < 4.78 is 14.2. The smallest absolute Gasteiger partial charge is 0.239 e. The number of hydrogen-bond donors (Lipinski definition) is 2. The fourth-order valence-electron chi connectivity index (χ4n) is 3.98. The number of hydrogen-bond acceptors (Lipinski definition) is 2. The zero-order chi connectivity index (χ0) is 21.9. The van der Waals surface area contributed by atoms with E-state index in [2.05, 4.69) is 10.6 Å². The highest BCUT2D eigenvalue weighted by molar-refractivity contribution is 7.80. The number of carbonyl (C=O) groups excluding carboxylic acids is 1. The quantitative estimate of drug-likeness (QED) is 0.598. The number of nitrogens with zero attached hydrogens (tertiary/aromatic N) is 1. The van der Waals surface area contributed by atoms with E-state index in [1.54, 1.807) is 12.1 Å². The Labute approximate surface area is 190 Å². The van der Waals surface area contributed by atoms with Crippen molar-refractivity contribution in [2.45, 2.75) is 64.1 Å². The molecule has 0 spiro atoms. The molecule has 1 aliphatic rings. The van der Waals surface area contributed by atoms with Crippen LogP contribution in [0.2, 0.25) is 0 Å². The Morgan fingerprint density at radius 2 is 1.58 bits per heavy atom. The molecule has 6 heteroatoms. The first-order valence-electron chi connectivity index (χ1n) is 11.2. The molecule has 2 N–H and O–H groups in total. The lowest BCUT2D eigenvalue weighted by atomic mass is 9.97. The third kappa shape index (κ3) is 7.94. The molecule has 3 rings (SSSR count). The summed E-state index contributed by atoms with van der Waals surface area (Å²) in [6.45, 7) is 0.987. The molecule has 1 saturated carbocycles. The number of thiocarbonyl (C=S) groups is 1. The first kappa shape index (κ1) is 23.2. The summed E-state index contributed by atoms with van der Waals surface area (Å²) in [6.07, 6.45) is 8.23. The molecule has 0 heterocycles. The summed E-state index contributed by atoms with van der Waals surface area (Å²) in [5.41, 5.74) is 1.64. The molecule has 0 radical (unpaired) electrons. The van der Waals surface area contributed by atoms with Crippen LogP contribution in [0.15, 0.2) is 54.6 Å². The fourth-order valence-corrected chi connectivity index (χ4v) is 4.18. The van der Waals surface area contributed by atoms with Gasteiger partial charge in [0.05, 0.1) is 6.54 Å². The second-order valence-electron chi connectivity index (χ2n) is 8.20. The van der Waals surface area contributed by atoms with Gasteiger partial charge in [0.2, 0.25) is 5.91 Å². The predicted octanol–water partition coefficient (Wildman–Crippen LogP) is 4.93. The summed E-state index contributed by atoms with van der Waals surface area (Å²) in [4.78, 5) is 14.4. The number of halogens is 1. The van der Waals surface area contributed by atoms with Gasteiger partial charge in [-0.25, -0.2) is 4.39 Å². The third-order valence-corrected chi connectivity index (χ3v) is 6.10. The first-order chi connectivity index (χ1) is 15.1. The average molecular weight is 442 g/mol. The Morgan fingerprint density at radius 1 is 0.935 bits per heavy atom. The molecule has 0 aliphatic heterocycles. The molecule has 4 nitrogen and oxygen atoms in total. The predicted molar refractivity (Wildman–Crippen MR) is 127 cm³/mol.